The van der Waals surface area contributed by atoms with E-state index in [1.807, 2.05) is 10.0 Å². The van der Waals surface area contributed by atoms with E-state index >= 15 is 0 Å². The molecular weight excluding hydrogens is 471 g/mol. The van der Waals surface area contributed by atoms with Gasteiger partial charge in [-0.3, -0.25) is 4.79 Å². The van der Waals surface area contributed by atoms with Crippen molar-refractivity contribution in [3.63, 3.8) is 0 Å². The van der Waals surface area contributed by atoms with E-state index in [1.165, 1.54) is 0 Å². The highest BCUT2D eigenvalue weighted by atomic mass is 35.5. The van der Waals surface area contributed by atoms with Crippen LogP contribution in [0.1, 0.15) is 18.3 Å². The maximum atomic E-state index is 14.0. The summed E-state index contributed by atoms with van der Waals surface area (Å²) in [5.41, 5.74) is -1.08. The van der Waals surface area contributed by atoms with E-state index in [4.69, 9.17) is 13.0 Å². The predicted octanol–water partition coefficient (Wildman–Crippen LogP) is 2.62. The fourth-order valence-corrected chi connectivity index (χ4v) is 4.91. The van der Waals surface area contributed by atoms with Crippen LogP contribution < -0.4 is 15.4 Å². The van der Waals surface area contributed by atoms with Gasteiger partial charge in [0, 0.05) is 32.4 Å². The van der Waals surface area contributed by atoms with E-state index in [0.29, 0.717) is 12.1 Å². The summed E-state index contributed by atoms with van der Waals surface area (Å²) in [5, 5.41) is 3.78. The monoisotopic (exact) mass is 487 g/mol. The van der Waals surface area contributed by atoms with Gasteiger partial charge in [-0.15, -0.1) is 0 Å². The van der Waals surface area contributed by atoms with Crippen molar-refractivity contribution in [2.24, 2.45) is 7.02 Å². The number of piperidine rings is 1. The molecule has 0 bridgehead atoms. The van der Waals surface area contributed by atoms with Crippen molar-refractivity contribution >= 4 is 33.2 Å². The van der Waals surface area contributed by atoms with Gasteiger partial charge < -0.3 is 15.2 Å². The average Bonchev–Trinajstić information content (AvgIpc) is 3.05. The topological polar surface area (TPSA) is 92.2 Å². The molecule has 1 aliphatic heterocycles. The van der Waals surface area contributed by atoms with Gasteiger partial charge in [-0.1, -0.05) is 11.6 Å². The van der Waals surface area contributed by atoms with Gasteiger partial charge in [0.15, 0.2) is 17.5 Å². The van der Waals surface area contributed by atoms with Crippen LogP contribution in [0, 0.1) is 17.5 Å². The zero-order chi connectivity index (χ0) is 23.8. The molecule has 7 nitrogen and oxygen atoms in total. The summed E-state index contributed by atoms with van der Waals surface area (Å²) in [6.45, 7) is -0.594. The number of alkyl halides is 2. The normalized spacial score (nSPS) is 19.2. The maximum Gasteiger partial charge on any atom is 0.276 e. The number of carbonyl (C=O) groups is 1. The van der Waals surface area contributed by atoms with Gasteiger partial charge >= 0.3 is 0 Å². The van der Waals surface area contributed by atoms with Gasteiger partial charge in [-0.2, -0.15) is 0 Å². The molecule has 3 N–H and O–H groups in total. The molecule has 1 unspecified atom stereocenters. The summed E-state index contributed by atoms with van der Waals surface area (Å²) in [4.78, 5) is 11.8. The number of halogens is 6. The second kappa shape index (κ2) is 8.37. The van der Waals surface area contributed by atoms with Crippen LogP contribution in [-0.2, 0) is 17.0 Å². The smallest absolute Gasteiger partial charge is 0.276 e. The molecule has 2 aromatic rings. The van der Waals surface area contributed by atoms with Crippen molar-refractivity contribution in [3.05, 3.63) is 46.5 Å². The van der Waals surface area contributed by atoms with Crippen molar-refractivity contribution in [1.82, 2.24) is 14.6 Å². The summed E-state index contributed by atoms with van der Waals surface area (Å²) in [6, 6.07) is -0.765. The van der Waals surface area contributed by atoms with Crippen molar-refractivity contribution in [2.45, 2.75) is 23.3 Å². The number of benzene rings is 1. The molecule has 0 aliphatic carbocycles. The molecule has 170 valence electrons. The number of aromatic nitrogens is 1. The van der Waals surface area contributed by atoms with Crippen LogP contribution in [0.4, 0.5) is 27.6 Å². The third-order valence-corrected chi connectivity index (χ3v) is 6.49. The highest BCUT2D eigenvalue weighted by Gasteiger charge is 2.44. The molecule has 0 saturated carbocycles. The predicted molar refractivity (Wildman–Crippen MR) is 101 cm³/mol. The molecule has 3 rings (SSSR count). The first-order valence-electron chi connectivity index (χ1n) is 9.32. The number of carbonyl (C=O) groups excluding carboxylic acids is 1. The minimum Gasteiger partial charge on any atom is -0.344 e. The Morgan fingerprint density at radius 2 is 1.97 bits per heavy atom. The van der Waals surface area contributed by atoms with Crippen LogP contribution >= 0.6 is 11.6 Å². The Morgan fingerprint density at radius 3 is 2.55 bits per heavy atom. The molecule has 1 saturated heterocycles. The first-order valence-corrected chi connectivity index (χ1v) is 10.5. The Hall–Kier alpha value is -2.22. The SMILES string of the molecule is [2H]Cn1cc(S(=O)(=O)NC2CCNCC2(F)F)c(Cl)c1C(=O)Nc1cc(F)c(F)c(F)c1. The molecule has 31 heavy (non-hydrogen) atoms. The number of amides is 1. The minimum atomic E-state index is -4.64. The van der Waals surface area contributed by atoms with Gasteiger partial charge in [-0.05, 0) is 13.0 Å². The molecule has 1 fully saturated rings. The molecule has 1 amide bonds. The van der Waals surface area contributed by atoms with Crippen molar-refractivity contribution < 1.29 is 36.5 Å². The van der Waals surface area contributed by atoms with Gasteiger partial charge in [0.05, 0.1) is 17.6 Å². The van der Waals surface area contributed by atoms with Gasteiger partial charge in [0.1, 0.15) is 10.6 Å². The van der Waals surface area contributed by atoms with Crippen LogP contribution in [0.15, 0.2) is 23.2 Å². The standard InChI is InChI=1S/C17H16ClF5N4O3S/c1-27-6-11(31(29,30)26-12-2-3-24-7-17(12,22)23)13(18)15(27)16(28)25-8-4-9(19)14(21)10(20)5-8/h4-6,12,24,26H,2-3,7H2,1H3,(H,25,28)/i1D. The lowest BCUT2D eigenvalue weighted by Gasteiger charge is -2.32. The molecule has 1 aromatic heterocycles. The number of anilines is 1. The highest BCUT2D eigenvalue weighted by molar-refractivity contribution is 7.89. The van der Waals surface area contributed by atoms with E-state index in [0.717, 1.165) is 10.8 Å². The second-order valence-corrected chi connectivity index (χ2v) is 8.79. The van der Waals surface area contributed by atoms with E-state index < -0.39 is 80.2 Å². The number of nitrogens with zero attached hydrogens (tertiary/aromatic N) is 1. The molecule has 1 atom stereocenters. The van der Waals surface area contributed by atoms with Crippen molar-refractivity contribution in [1.29, 1.82) is 0 Å². The zero-order valence-corrected chi connectivity index (χ0v) is 17.1. The Morgan fingerprint density at radius 1 is 1.32 bits per heavy atom. The molecule has 0 spiro atoms. The molecule has 1 aliphatic rings. The zero-order valence-electron chi connectivity index (χ0n) is 16.5. The first kappa shape index (κ1) is 22.0. The minimum absolute atomic E-state index is 0.142. The molecule has 0 radical (unpaired) electrons. The molecular formula is C17H16ClF5N4O3S. The van der Waals surface area contributed by atoms with Crippen LogP contribution in [0.25, 0.3) is 0 Å². The van der Waals surface area contributed by atoms with E-state index in [1.54, 1.807) is 0 Å². The maximum absolute atomic E-state index is 14.0. The number of hydrogen-bond acceptors (Lipinski definition) is 4. The average molecular weight is 488 g/mol. The third-order valence-electron chi connectivity index (χ3n) is 4.51. The van der Waals surface area contributed by atoms with Gasteiger partial charge in [0.25, 0.3) is 11.8 Å². The molecule has 14 heteroatoms. The largest absolute Gasteiger partial charge is 0.344 e. The highest BCUT2D eigenvalue weighted by Crippen LogP contribution is 2.30. The summed E-state index contributed by atoms with van der Waals surface area (Å²) < 4.78 is 103. The fourth-order valence-electron chi connectivity index (χ4n) is 2.97. The first-order chi connectivity index (χ1) is 14.9. The third kappa shape index (κ3) is 4.68. The number of sulfonamides is 1. The summed E-state index contributed by atoms with van der Waals surface area (Å²) in [6.07, 6.45) is 0.593. The Balaban J connectivity index is 1.93. The lowest BCUT2D eigenvalue weighted by Crippen LogP contribution is -2.57. The summed E-state index contributed by atoms with van der Waals surface area (Å²) in [7, 11) is -5.34. The lowest BCUT2D eigenvalue weighted by atomic mass is 10.0. The van der Waals surface area contributed by atoms with E-state index in [-0.39, 0.29) is 13.0 Å². The van der Waals surface area contributed by atoms with Gasteiger partial charge in [-0.25, -0.2) is 35.1 Å². The van der Waals surface area contributed by atoms with Crippen LogP contribution in [-0.4, -0.2) is 43.9 Å². The summed E-state index contributed by atoms with van der Waals surface area (Å²) in [5.74, 6) is -9.48. The number of nitrogens with one attached hydrogen (secondary N) is 3. The number of hydrogen-bond donors (Lipinski definition) is 3. The van der Waals surface area contributed by atoms with Crippen molar-refractivity contribution in [3.8, 4) is 0 Å². The van der Waals surface area contributed by atoms with E-state index in [9.17, 15) is 35.2 Å². The summed E-state index contributed by atoms with van der Waals surface area (Å²) >= 11 is 6.04. The van der Waals surface area contributed by atoms with Crippen molar-refractivity contribution in [2.75, 3.05) is 18.4 Å². The quantitative estimate of drug-likeness (QED) is 0.446. The number of aryl methyl sites for hydroxylation is 1. The second-order valence-electron chi connectivity index (χ2n) is 6.73. The Labute approximate surface area is 180 Å². The van der Waals surface area contributed by atoms with E-state index in [2.05, 4.69) is 5.32 Å². The van der Waals surface area contributed by atoms with Crippen LogP contribution in [0.3, 0.4) is 0 Å². The lowest BCUT2D eigenvalue weighted by molar-refractivity contribution is -0.0442. The molecule has 1 aromatic carbocycles. The molecule has 2 heterocycles. The number of rotatable bonds is 5. The van der Waals surface area contributed by atoms with Crippen LogP contribution in [0.5, 0.6) is 0 Å². The van der Waals surface area contributed by atoms with Gasteiger partial charge in [0.2, 0.25) is 10.0 Å². The Bertz CT molecular complexity index is 1140. The fraction of sp³-hybridized carbons (Fsp3) is 0.353. The Kier molecular flexibility index (Phi) is 5.94. The van der Waals surface area contributed by atoms with Crippen LogP contribution in [0.2, 0.25) is 5.02 Å².